The van der Waals surface area contributed by atoms with Gasteiger partial charge in [0, 0.05) is 36.7 Å². The molecule has 1 N–H and O–H groups in total. The minimum absolute atomic E-state index is 0.00764. The number of carboxylic acid groups (broad SMARTS) is 1. The zero-order valence-corrected chi connectivity index (χ0v) is 25.6. The van der Waals surface area contributed by atoms with E-state index in [-0.39, 0.29) is 65.1 Å². The van der Waals surface area contributed by atoms with Crippen LogP contribution >= 0.6 is 0 Å². The van der Waals surface area contributed by atoms with Crippen LogP contribution in [0.15, 0.2) is 66.7 Å². The van der Waals surface area contributed by atoms with Gasteiger partial charge in [-0.1, -0.05) is 18.2 Å². The number of hydrogen-bond donors (Lipinski definition) is 1. The molecule has 1 atom stereocenters. The molecule has 0 spiro atoms. The van der Waals surface area contributed by atoms with Crippen molar-refractivity contribution < 1.29 is 37.3 Å². The first-order chi connectivity index (χ1) is 23.1. The summed E-state index contributed by atoms with van der Waals surface area (Å²) < 4.78 is 57.9. The fraction of sp³-hybridized carbons (Fsp3) is 0.229. The number of fused-ring (bicyclic) bond motifs is 1. The number of halogens is 3. The van der Waals surface area contributed by atoms with Crippen molar-refractivity contribution in [2.75, 3.05) is 13.7 Å². The van der Waals surface area contributed by atoms with Crippen molar-refractivity contribution in [3.63, 3.8) is 0 Å². The minimum Gasteiger partial charge on any atom is -0.478 e. The lowest BCUT2D eigenvalue weighted by Crippen LogP contribution is -2.38. The van der Waals surface area contributed by atoms with Gasteiger partial charge in [-0.25, -0.2) is 37.6 Å². The Morgan fingerprint density at radius 1 is 1.00 bits per heavy atom. The molecule has 1 fully saturated rings. The van der Waals surface area contributed by atoms with Crippen molar-refractivity contribution in [3.05, 3.63) is 118 Å². The molecule has 13 heteroatoms. The first-order valence-electron chi connectivity index (χ1n) is 15.0. The van der Waals surface area contributed by atoms with Crippen molar-refractivity contribution >= 4 is 28.8 Å². The van der Waals surface area contributed by atoms with E-state index in [9.17, 15) is 19.1 Å². The molecule has 2 aromatic heterocycles. The lowest BCUT2D eigenvalue weighted by molar-refractivity contribution is 0.0697. The average Bonchev–Trinajstić information content (AvgIpc) is 3.69. The van der Waals surface area contributed by atoms with Crippen molar-refractivity contribution in [1.82, 2.24) is 19.4 Å². The fourth-order valence-electron chi connectivity index (χ4n) is 5.85. The van der Waals surface area contributed by atoms with Gasteiger partial charge in [0.05, 0.1) is 42.0 Å². The highest BCUT2D eigenvalue weighted by atomic mass is 19.1. The molecule has 5 aromatic rings. The highest BCUT2D eigenvalue weighted by Gasteiger charge is 2.31. The molecule has 0 bridgehead atoms. The van der Waals surface area contributed by atoms with Crippen LogP contribution in [0, 0.1) is 24.0 Å². The number of aromatic carboxylic acids is 1. The van der Waals surface area contributed by atoms with E-state index in [0.717, 1.165) is 24.6 Å². The second kappa shape index (κ2) is 13.4. The number of carbonyl (C=O) groups is 2. The van der Waals surface area contributed by atoms with E-state index in [4.69, 9.17) is 16.0 Å². The van der Waals surface area contributed by atoms with Gasteiger partial charge in [0.25, 0.3) is 0 Å². The van der Waals surface area contributed by atoms with E-state index in [1.54, 1.807) is 21.6 Å². The van der Waals surface area contributed by atoms with Crippen LogP contribution in [0.3, 0.4) is 0 Å². The molecule has 6 rings (SSSR count). The number of amides is 1. The van der Waals surface area contributed by atoms with Gasteiger partial charge in [-0.05, 0) is 60.9 Å². The molecule has 0 aliphatic carbocycles. The van der Waals surface area contributed by atoms with Crippen molar-refractivity contribution in [2.24, 2.45) is 0 Å². The summed E-state index contributed by atoms with van der Waals surface area (Å²) in [5.41, 5.74) is 1.34. The summed E-state index contributed by atoms with van der Waals surface area (Å²) in [6.07, 6.45) is 0.809. The van der Waals surface area contributed by atoms with Gasteiger partial charge in [0.15, 0.2) is 5.69 Å². The normalized spacial score (nSPS) is 14.2. The molecule has 1 saturated heterocycles. The number of carbonyl (C=O) groups excluding carboxylic acids is 1. The van der Waals surface area contributed by atoms with Crippen molar-refractivity contribution in [1.29, 1.82) is 0 Å². The van der Waals surface area contributed by atoms with Crippen LogP contribution in [-0.2, 0) is 24.3 Å². The molecular weight excluding hydrogens is 627 g/mol. The van der Waals surface area contributed by atoms with Crippen molar-refractivity contribution in [3.8, 4) is 17.1 Å². The molecule has 3 aromatic carbocycles. The number of benzene rings is 3. The highest BCUT2D eigenvalue weighted by Crippen LogP contribution is 2.30. The van der Waals surface area contributed by atoms with E-state index in [1.807, 2.05) is 0 Å². The third-order valence-electron chi connectivity index (χ3n) is 8.28. The third-order valence-corrected chi connectivity index (χ3v) is 8.28. The Labute approximate surface area is 272 Å². The van der Waals surface area contributed by atoms with Gasteiger partial charge in [-0.15, -0.1) is 0 Å². The van der Waals surface area contributed by atoms with Crippen LogP contribution in [0.25, 0.3) is 27.1 Å². The lowest BCUT2D eigenvalue weighted by Gasteiger charge is -2.24. The molecule has 10 nitrogen and oxygen atoms in total. The van der Waals surface area contributed by atoms with Gasteiger partial charge >= 0.3 is 12.1 Å². The second-order valence-electron chi connectivity index (χ2n) is 11.2. The number of imidazole rings is 1. The molecule has 48 heavy (non-hydrogen) atoms. The summed E-state index contributed by atoms with van der Waals surface area (Å²) in [4.78, 5) is 37.8. The second-order valence-corrected chi connectivity index (χ2v) is 11.2. The smallest absolute Gasteiger partial charge is 0.409 e. The Morgan fingerprint density at radius 3 is 2.56 bits per heavy atom. The average molecular weight is 656 g/mol. The topological polar surface area (TPSA) is 111 Å². The van der Waals surface area contributed by atoms with Crippen LogP contribution in [-0.4, -0.2) is 56.3 Å². The highest BCUT2D eigenvalue weighted by molar-refractivity contribution is 5.92. The van der Waals surface area contributed by atoms with E-state index in [0.29, 0.717) is 29.8 Å². The Balaban J connectivity index is 1.28. The van der Waals surface area contributed by atoms with Crippen LogP contribution < -0.4 is 4.74 Å². The van der Waals surface area contributed by atoms with Gasteiger partial charge in [-0.3, -0.25) is 0 Å². The third kappa shape index (κ3) is 6.50. The van der Waals surface area contributed by atoms with Crippen LogP contribution in [0.5, 0.6) is 5.88 Å². The van der Waals surface area contributed by atoms with Crippen LogP contribution in [0.4, 0.5) is 23.7 Å². The monoisotopic (exact) mass is 655 g/mol. The standard InChI is InChI=1S/C35H28F3N5O5/c1-39-23-10-8-21(26(36)16-23)19-48-33-7-3-6-29(41-33)25-17-27(37)22(13-28(25)38)15-32-40-30-11-9-20(34(44)45)14-31(30)43(32)18-24-5-4-12-42(24)35(46)47-2/h3,6-11,13-14,16-17,24H,4-5,12,15,18-19H2,2H3,(H,44,45)/t24-/m1/s1. The maximum Gasteiger partial charge on any atom is 0.409 e. The number of hydrogen-bond acceptors (Lipinski definition) is 6. The predicted octanol–water partition coefficient (Wildman–Crippen LogP) is 7.17. The van der Waals surface area contributed by atoms with Crippen molar-refractivity contribution in [2.45, 2.75) is 38.5 Å². The fourth-order valence-corrected chi connectivity index (χ4v) is 5.85. The molecule has 3 heterocycles. The molecule has 0 saturated carbocycles. The van der Waals surface area contributed by atoms with E-state index in [2.05, 4.69) is 14.8 Å². The summed E-state index contributed by atoms with van der Waals surface area (Å²) in [5, 5.41) is 9.60. The number of rotatable bonds is 9. The van der Waals surface area contributed by atoms with E-state index in [1.165, 1.54) is 43.5 Å². The number of nitrogens with zero attached hydrogens (tertiary/aromatic N) is 5. The number of ether oxygens (including phenoxy) is 2. The zero-order chi connectivity index (χ0) is 33.9. The maximum atomic E-state index is 15.7. The summed E-state index contributed by atoms with van der Waals surface area (Å²) in [6, 6.07) is 14.8. The summed E-state index contributed by atoms with van der Waals surface area (Å²) >= 11 is 0. The largest absolute Gasteiger partial charge is 0.478 e. The van der Waals surface area contributed by atoms with Gasteiger partial charge in [0.2, 0.25) is 5.88 Å². The lowest BCUT2D eigenvalue weighted by atomic mass is 10.0. The Kier molecular flexibility index (Phi) is 8.98. The Morgan fingerprint density at radius 2 is 1.81 bits per heavy atom. The summed E-state index contributed by atoms with van der Waals surface area (Å²) in [7, 11) is 1.30. The van der Waals surface area contributed by atoms with E-state index >= 15 is 8.78 Å². The van der Waals surface area contributed by atoms with Gasteiger partial charge in [-0.2, -0.15) is 0 Å². The molecule has 1 aliphatic rings. The predicted molar refractivity (Wildman–Crippen MR) is 168 cm³/mol. The Hall–Kier alpha value is -5.90. The summed E-state index contributed by atoms with van der Waals surface area (Å²) in [5.74, 6) is -2.78. The first-order valence-corrected chi connectivity index (χ1v) is 15.0. The number of carboxylic acids is 1. The minimum atomic E-state index is -1.13. The molecule has 0 unspecified atom stereocenters. The van der Waals surface area contributed by atoms with Crippen LogP contribution in [0.2, 0.25) is 0 Å². The SMILES string of the molecule is [C-]#[N+]c1ccc(COc2cccc(-c3cc(F)c(Cc4nc5ccc(C(=O)O)cc5n4C[C@H]4CCCN4C(=O)OC)cc3F)n2)c(F)c1. The maximum absolute atomic E-state index is 15.7. The number of likely N-dealkylation sites (tertiary alicyclic amines) is 1. The number of methoxy groups -OCH3 is 1. The van der Waals surface area contributed by atoms with Crippen LogP contribution in [0.1, 0.15) is 40.2 Å². The van der Waals surface area contributed by atoms with Gasteiger partial charge in [0.1, 0.15) is 29.9 Å². The molecule has 1 aliphatic heterocycles. The molecule has 0 radical (unpaired) electrons. The number of aromatic nitrogens is 3. The molecular formula is C35H28F3N5O5. The molecule has 1 amide bonds. The number of pyridine rings is 1. The first kappa shape index (κ1) is 32.1. The summed E-state index contributed by atoms with van der Waals surface area (Å²) in [6.45, 7) is 7.55. The van der Waals surface area contributed by atoms with Gasteiger partial charge < -0.3 is 24.0 Å². The Bertz CT molecular complexity index is 2090. The van der Waals surface area contributed by atoms with E-state index < -0.39 is 29.5 Å². The quantitative estimate of drug-likeness (QED) is 0.168. The molecule has 244 valence electrons. The zero-order valence-electron chi connectivity index (χ0n) is 25.6.